The maximum atomic E-state index is 13.4. The van der Waals surface area contributed by atoms with E-state index in [0.29, 0.717) is 44.2 Å². The first kappa shape index (κ1) is 24.1. The molecule has 0 radical (unpaired) electrons. The quantitative estimate of drug-likeness (QED) is 0.503. The van der Waals surface area contributed by atoms with E-state index >= 15 is 0 Å². The molecule has 0 atom stereocenters. The maximum Gasteiger partial charge on any atom is 0.242 e. The van der Waals surface area contributed by atoms with E-state index in [1.807, 2.05) is 56.5 Å². The number of methoxy groups -OCH3 is 1. The zero-order valence-electron chi connectivity index (χ0n) is 19.3. The van der Waals surface area contributed by atoms with Crippen LogP contribution in [0.15, 0.2) is 35.7 Å². The molecule has 174 valence electrons. The standard InChI is InChI=1S/C24H32N2O5S/c1-24(2,3)23(28)25(10-6-11-29-4)16-22(27)26(15-19-7-5-12-32-19)14-18-8-9-20-21(13-18)31-17-30-20/h5,7-9,12-13H,6,10-11,14-17H2,1-4H3. The Bertz CT molecular complexity index is 908. The van der Waals surface area contributed by atoms with Gasteiger partial charge in [0.25, 0.3) is 0 Å². The van der Waals surface area contributed by atoms with Crippen molar-refractivity contribution in [1.29, 1.82) is 0 Å². The third-order valence-corrected chi connectivity index (χ3v) is 5.98. The van der Waals surface area contributed by atoms with Gasteiger partial charge in [-0.05, 0) is 35.6 Å². The molecule has 0 aliphatic carbocycles. The fraction of sp³-hybridized carbons (Fsp3) is 0.500. The molecule has 2 aromatic rings. The third-order valence-electron chi connectivity index (χ3n) is 5.12. The summed E-state index contributed by atoms with van der Waals surface area (Å²) in [5.74, 6) is 1.27. The van der Waals surface area contributed by atoms with Crippen molar-refractivity contribution >= 4 is 23.2 Å². The SMILES string of the molecule is COCCCN(CC(=O)N(Cc1ccc2c(c1)OCO2)Cc1cccs1)C(=O)C(C)(C)C. The van der Waals surface area contributed by atoms with Crippen molar-refractivity contribution in [1.82, 2.24) is 9.80 Å². The van der Waals surface area contributed by atoms with Crippen molar-refractivity contribution in [3.05, 3.63) is 46.2 Å². The predicted octanol–water partition coefficient (Wildman–Crippen LogP) is 3.92. The largest absolute Gasteiger partial charge is 0.454 e. The number of fused-ring (bicyclic) bond motifs is 1. The zero-order chi connectivity index (χ0) is 23.1. The molecule has 0 bridgehead atoms. The Morgan fingerprint density at radius 2 is 1.88 bits per heavy atom. The fourth-order valence-corrected chi connectivity index (χ4v) is 4.19. The first-order chi connectivity index (χ1) is 15.3. The Morgan fingerprint density at radius 3 is 2.56 bits per heavy atom. The molecule has 0 saturated heterocycles. The van der Waals surface area contributed by atoms with Gasteiger partial charge >= 0.3 is 0 Å². The molecule has 1 aliphatic rings. The molecule has 3 rings (SSSR count). The van der Waals surface area contributed by atoms with Crippen LogP contribution in [0, 0.1) is 5.41 Å². The molecule has 0 fully saturated rings. The van der Waals surface area contributed by atoms with Gasteiger partial charge in [-0.3, -0.25) is 9.59 Å². The Kier molecular flexibility index (Phi) is 8.15. The molecule has 0 unspecified atom stereocenters. The highest BCUT2D eigenvalue weighted by atomic mass is 32.1. The Labute approximate surface area is 193 Å². The van der Waals surface area contributed by atoms with Crippen LogP contribution in [0.3, 0.4) is 0 Å². The number of ether oxygens (including phenoxy) is 3. The highest BCUT2D eigenvalue weighted by Gasteiger charge is 2.30. The minimum atomic E-state index is -0.566. The van der Waals surface area contributed by atoms with E-state index in [1.54, 1.807) is 28.2 Å². The van der Waals surface area contributed by atoms with Crippen LogP contribution in [0.5, 0.6) is 11.5 Å². The van der Waals surface area contributed by atoms with E-state index in [4.69, 9.17) is 14.2 Å². The van der Waals surface area contributed by atoms with Gasteiger partial charge in [0, 0.05) is 37.1 Å². The van der Waals surface area contributed by atoms with Gasteiger partial charge in [-0.15, -0.1) is 11.3 Å². The normalized spacial score (nSPS) is 12.6. The zero-order valence-corrected chi connectivity index (χ0v) is 20.1. The average molecular weight is 461 g/mol. The summed E-state index contributed by atoms with van der Waals surface area (Å²) in [6.07, 6.45) is 0.679. The molecule has 2 amide bonds. The number of hydrogen-bond acceptors (Lipinski definition) is 6. The topological polar surface area (TPSA) is 68.3 Å². The summed E-state index contributed by atoms with van der Waals surface area (Å²) in [5.41, 5.74) is 0.385. The van der Waals surface area contributed by atoms with Crippen LogP contribution in [0.4, 0.5) is 0 Å². The number of benzene rings is 1. The molecular formula is C24H32N2O5S. The Hall–Kier alpha value is -2.58. The van der Waals surface area contributed by atoms with Gasteiger partial charge in [-0.1, -0.05) is 32.9 Å². The second-order valence-electron chi connectivity index (χ2n) is 8.84. The number of thiophene rings is 1. The second kappa shape index (κ2) is 10.8. The van der Waals surface area contributed by atoms with Gasteiger partial charge in [0.05, 0.1) is 13.1 Å². The summed E-state index contributed by atoms with van der Waals surface area (Å²) < 4.78 is 16.0. The van der Waals surface area contributed by atoms with Crippen molar-refractivity contribution < 1.29 is 23.8 Å². The number of carbonyl (C=O) groups is 2. The van der Waals surface area contributed by atoms with Crippen LogP contribution >= 0.6 is 11.3 Å². The number of rotatable bonds is 10. The third kappa shape index (κ3) is 6.46. The molecule has 1 aliphatic heterocycles. The fourth-order valence-electron chi connectivity index (χ4n) is 3.47. The molecule has 1 aromatic heterocycles. The molecule has 2 heterocycles. The lowest BCUT2D eigenvalue weighted by atomic mass is 9.94. The van der Waals surface area contributed by atoms with Crippen LogP contribution in [0.1, 0.15) is 37.6 Å². The summed E-state index contributed by atoms with van der Waals surface area (Å²) in [7, 11) is 1.63. The van der Waals surface area contributed by atoms with E-state index in [0.717, 1.165) is 10.4 Å². The summed E-state index contributed by atoms with van der Waals surface area (Å²) in [6, 6.07) is 9.71. The van der Waals surface area contributed by atoms with Crippen LogP contribution in [-0.4, -0.2) is 55.2 Å². The maximum absolute atomic E-state index is 13.4. The van der Waals surface area contributed by atoms with Crippen molar-refractivity contribution in [2.24, 2.45) is 5.41 Å². The van der Waals surface area contributed by atoms with Crippen LogP contribution in [0.2, 0.25) is 0 Å². The predicted molar refractivity (Wildman–Crippen MR) is 124 cm³/mol. The smallest absolute Gasteiger partial charge is 0.242 e. The van der Waals surface area contributed by atoms with Gasteiger partial charge in [0.1, 0.15) is 0 Å². The molecule has 32 heavy (non-hydrogen) atoms. The minimum absolute atomic E-state index is 0.0374. The molecule has 1 aromatic carbocycles. The summed E-state index contributed by atoms with van der Waals surface area (Å²) in [4.78, 5) is 31.0. The van der Waals surface area contributed by atoms with Crippen LogP contribution in [-0.2, 0) is 27.4 Å². The molecule has 7 nitrogen and oxygen atoms in total. The monoisotopic (exact) mass is 460 g/mol. The highest BCUT2D eigenvalue weighted by molar-refractivity contribution is 7.09. The summed E-state index contributed by atoms with van der Waals surface area (Å²) in [6.45, 7) is 7.80. The van der Waals surface area contributed by atoms with Gasteiger partial charge in [-0.25, -0.2) is 0 Å². The van der Waals surface area contributed by atoms with Gasteiger partial charge in [-0.2, -0.15) is 0 Å². The van der Waals surface area contributed by atoms with E-state index in [9.17, 15) is 9.59 Å². The van der Waals surface area contributed by atoms with Gasteiger partial charge in [0.15, 0.2) is 11.5 Å². The lowest BCUT2D eigenvalue weighted by molar-refractivity contribution is -0.146. The Morgan fingerprint density at radius 1 is 1.09 bits per heavy atom. The van der Waals surface area contributed by atoms with Crippen molar-refractivity contribution in [3.8, 4) is 11.5 Å². The van der Waals surface area contributed by atoms with Crippen LogP contribution in [0.25, 0.3) is 0 Å². The van der Waals surface area contributed by atoms with Crippen LogP contribution < -0.4 is 9.47 Å². The summed E-state index contributed by atoms with van der Waals surface area (Å²) in [5, 5.41) is 2.00. The van der Waals surface area contributed by atoms with E-state index in [2.05, 4.69) is 0 Å². The number of hydrogen-bond donors (Lipinski definition) is 0. The van der Waals surface area contributed by atoms with E-state index < -0.39 is 5.41 Å². The average Bonchev–Trinajstić information content (AvgIpc) is 3.42. The van der Waals surface area contributed by atoms with Crippen molar-refractivity contribution in [2.75, 3.05) is 33.6 Å². The molecule has 8 heteroatoms. The highest BCUT2D eigenvalue weighted by Crippen LogP contribution is 2.33. The number of carbonyl (C=O) groups excluding carboxylic acids is 2. The number of amides is 2. The first-order valence-corrected chi connectivity index (χ1v) is 11.6. The lowest BCUT2D eigenvalue weighted by Gasteiger charge is -2.31. The number of nitrogens with zero attached hydrogens (tertiary/aromatic N) is 2. The van der Waals surface area contributed by atoms with Gasteiger partial charge < -0.3 is 24.0 Å². The second-order valence-corrected chi connectivity index (χ2v) is 9.87. The van der Waals surface area contributed by atoms with E-state index in [-0.39, 0.29) is 25.2 Å². The van der Waals surface area contributed by atoms with Crippen molar-refractivity contribution in [3.63, 3.8) is 0 Å². The molecule has 0 N–H and O–H groups in total. The van der Waals surface area contributed by atoms with Gasteiger partial charge in [0.2, 0.25) is 18.6 Å². The lowest BCUT2D eigenvalue weighted by Crippen LogP contribution is -2.46. The Balaban J connectivity index is 1.77. The van der Waals surface area contributed by atoms with Crippen molar-refractivity contribution in [2.45, 2.75) is 40.3 Å². The molecular weight excluding hydrogens is 428 g/mol. The molecule has 0 spiro atoms. The minimum Gasteiger partial charge on any atom is -0.454 e. The molecule has 0 saturated carbocycles. The first-order valence-electron chi connectivity index (χ1n) is 10.7. The summed E-state index contributed by atoms with van der Waals surface area (Å²) >= 11 is 1.61. The van der Waals surface area contributed by atoms with E-state index in [1.165, 1.54) is 0 Å².